The Bertz CT molecular complexity index is 1060. The molecule has 172 valence electrons. The maximum atomic E-state index is 12.0. The number of aromatic nitrogens is 2. The maximum Gasteiger partial charge on any atom is 0.272 e. The molecule has 2 aromatic carbocycles. The molecule has 0 bridgehead atoms. The highest BCUT2D eigenvalue weighted by molar-refractivity contribution is 5.94. The lowest BCUT2D eigenvalue weighted by Crippen LogP contribution is -2.37. The molecule has 1 saturated carbocycles. The van der Waals surface area contributed by atoms with E-state index in [2.05, 4.69) is 33.0 Å². The molecule has 4 rings (SSSR count). The molecule has 1 heterocycles. The van der Waals surface area contributed by atoms with Crippen LogP contribution in [-0.2, 0) is 4.74 Å². The number of nitrogens with zero attached hydrogens (tertiary/aromatic N) is 1. The SMILES string of the molecule is CO[C@H]1CCC[C@@H]1NCCCCCNc1cccc(-c2n[nH]c(=O)c3ccccc23)c1.Cl. The zero-order chi connectivity index (χ0) is 21.5. The van der Waals surface area contributed by atoms with Crippen LogP contribution in [0.25, 0.3) is 22.0 Å². The normalized spacial score (nSPS) is 17.9. The van der Waals surface area contributed by atoms with Gasteiger partial charge in [0.15, 0.2) is 0 Å². The van der Waals surface area contributed by atoms with Crippen molar-refractivity contribution in [2.24, 2.45) is 0 Å². The van der Waals surface area contributed by atoms with Gasteiger partial charge in [0.2, 0.25) is 0 Å². The second-order valence-electron chi connectivity index (χ2n) is 8.28. The van der Waals surface area contributed by atoms with E-state index in [4.69, 9.17) is 4.74 Å². The summed E-state index contributed by atoms with van der Waals surface area (Å²) in [7, 11) is 1.82. The Labute approximate surface area is 195 Å². The summed E-state index contributed by atoms with van der Waals surface area (Å²) < 4.78 is 5.55. The minimum atomic E-state index is -0.159. The summed E-state index contributed by atoms with van der Waals surface area (Å²) in [4.78, 5) is 12.0. The molecule has 0 amide bonds. The van der Waals surface area contributed by atoms with E-state index in [-0.39, 0.29) is 18.0 Å². The Morgan fingerprint density at radius 2 is 1.84 bits per heavy atom. The number of nitrogens with one attached hydrogen (secondary N) is 3. The number of anilines is 1. The molecule has 3 N–H and O–H groups in total. The number of halogens is 1. The topological polar surface area (TPSA) is 79.0 Å². The first-order valence-corrected chi connectivity index (χ1v) is 11.3. The lowest BCUT2D eigenvalue weighted by atomic mass is 10.0. The minimum Gasteiger partial charge on any atom is -0.385 e. The van der Waals surface area contributed by atoms with Gasteiger partial charge in [-0.15, -0.1) is 12.4 Å². The predicted octanol–water partition coefficient (Wildman–Crippen LogP) is 4.75. The fourth-order valence-corrected chi connectivity index (χ4v) is 4.50. The maximum absolute atomic E-state index is 12.0. The Hall–Kier alpha value is -2.41. The van der Waals surface area contributed by atoms with Gasteiger partial charge in [0.05, 0.1) is 17.2 Å². The van der Waals surface area contributed by atoms with Crippen LogP contribution in [0.1, 0.15) is 38.5 Å². The summed E-state index contributed by atoms with van der Waals surface area (Å²) >= 11 is 0. The molecule has 1 aliphatic carbocycles. The van der Waals surface area contributed by atoms with Gasteiger partial charge in [-0.2, -0.15) is 5.10 Å². The Morgan fingerprint density at radius 1 is 1.03 bits per heavy atom. The van der Waals surface area contributed by atoms with Gasteiger partial charge in [0, 0.05) is 36.3 Å². The standard InChI is InChI=1S/C25H32N4O2.ClH/c1-31-23-14-8-13-22(23)27-16-6-2-5-15-26-19-10-7-9-18(17-19)24-20-11-3-4-12-21(20)25(30)29-28-24;/h3-4,7,9-12,17,22-23,26-27H,2,5-6,8,13-16H2,1H3,(H,29,30);1H/t22-,23-;/m0./s1. The van der Waals surface area contributed by atoms with Crippen LogP contribution in [0.3, 0.4) is 0 Å². The average Bonchev–Trinajstić information content (AvgIpc) is 3.26. The van der Waals surface area contributed by atoms with Gasteiger partial charge < -0.3 is 15.4 Å². The molecule has 0 aliphatic heterocycles. The quantitative estimate of drug-likeness (QED) is 0.383. The summed E-state index contributed by atoms with van der Waals surface area (Å²) in [6, 6.07) is 16.3. The van der Waals surface area contributed by atoms with E-state index in [0.717, 1.165) is 41.8 Å². The fourth-order valence-electron chi connectivity index (χ4n) is 4.50. The first kappa shape index (κ1) is 24.2. The smallest absolute Gasteiger partial charge is 0.272 e. The van der Waals surface area contributed by atoms with Crippen LogP contribution in [0.5, 0.6) is 0 Å². The van der Waals surface area contributed by atoms with Gasteiger partial charge in [-0.05, 0) is 56.8 Å². The van der Waals surface area contributed by atoms with Crippen molar-refractivity contribution < 1.29 is 4.74 Å². The largest absolute Gasteiger partial charge is 0.385 e. The van der Waals surface area contributed by atoms with E-state index in [0.29, 0.717) is 17.5 Å². The van der Waals surface area contributed by atoms with E-state index in [9.17, 15) is 4.79 Å². The van der Waals surface area contributed by atoms with Crippen LogP contribution in [0.15, 0.2) is 53.3 Å². The molecular formula is C25H33ClN4O2. The second kappa shape index (κ2) is 12.0. The molecule has 1 fully saturated rings. The highest BCUT2D eigenvalue weighted by atomic mass is 35.5. The number of benzene rings is 2. The number of unbranched alkanes of at least 4 members (excludes halogenated alkanes) is 2. The molecule has 2 atom stereocenters. The average molecular weight is 457 g/mol. The molecule has 32 heavy (non-hydrogen) atoms. The Morgan fingerprint density at radius 3 is 2.69 bits per heavy atom. The molecule has 0 saturated heterocycles. The molecule has 0 spiro atoms. The van der Waals surface area contributed by atoms with E-state index < -0.39 is 0 Å². The van der Waals surface area contributed by atoms with E-state index in [1.54, 1.807) is 0 Å². The van der Waals surface area contributed by atoms with Crippen molar-refractivity contribution in [3.05, 3.63) is 58.9 Å². The van der Waals surface area contributed by atoms with E-state index in [1.165, 1.54) is 32.1 Å². The lowest BCUT2D eigenvalue weighted by Gasteiger charge is -2.19. The zero-order valence-electron chi connectivity index (χ0n) is 18.6. The highest BCUT2D eigenvalue weighted by Crippen LogP contribution is 2.26. The van der Waals surface area contributed by atoms with Crippen molar-refractivity contribution in [1.82, 2.24) is 15.5 Å². The highest BCUT2D eigenvalue weighted by Gasteiger charge is 2.25. The summed E-state index contributed by atoms with van der Waals surface area (Å²) in [5.41, 5.74) is 2.70. The third kappa shape index (κ3) is 5.88. The third-order valence-electron chi connectivity index (χ3n) is 6.18. The van der Waals surface area contributed by atoms with Crippen molar-refractivity contribution in [3.63, 3.8) is 0 Å². The number of fused-ring (bicyclic) bond motifs is 1. The number of methoxy groups -OCH3 is 1. The van der Waals surface area contributed by atoms with Crippen molar-refractivity contribution >= 4 is 28.9 Å². The molecule has 3 aromatic rings. The summed E-state index contributed by atoms with van der Waals surface area (Å²) in [6.07, 6.45) is 7.58. The van der Waals surface area contributed by atoms with Gasteiger partial charge in [0.1, 0.15) is 0 Å². The van der Waals surface area contributed by atoms with Gasteiger partial charge in [0.25, 0.3) is 5.56 Å². The number of rotatable bonds is 10. The summed E-state index contributed by atoms with van der Waals surface area (Å²) in [5, 5.41) is 15.6. The number of hydrogen-bond donors (Lipinski definition) is 3. The first-order chi connectivity index (χ1) is 15.3. The van der Waals surface area contributed by atoms with Crippen LogP contribution < -0.4 is 16.2 Å². The molecule has 1 aliphatic rings. The summed E-state index contributed by atoms with van der Waals surface area (Å²) in [6.45, 7) is 2.00. The number of aromatic amines is 1. The molecule has 0 radical (unpaired) electrons. The molecule has 1 aromatic heterocycles. The number of H-pyrrole nitrogens is 1. The van der Waals surface area contributed by atoms with E-state index in [1.807, 2.05) is 43.5 Å². The van der Waals surface area contributed by atoms with Crippen LogP contribution in [-0.4, -0.2) is 42.5 Å². The second-order valence-corrected chi connectivity index (χ2v) is 8.28. The van der Waals surface area contributed by atoms with Crippen LogP contribution in [0.4, 0.5) is 5.69 Å². The van der Waals surface area contributed by atoms with Crippen LogP contribution in [0, 0.1) is 0 Å². The van der Waals surface area contributed by atoms with Gasteiger partial charge in [-0.25, -0.2) is 5.10 Å². The molecule has 6 nitrogen and oxygen atoms in total. The predicted molar refractivity (Wildman–Crippen MR) is 134 cm³/mol. The van der Waals surface area contributed by atoms with Gasteiger partial charge in [-0.1, -0.05) is 36.8 Å². The minimum absolute atomic E-state index is 0. The number of ether oxygens (including phenoxy) is 1. The molecular weight excluding hydrogens is 424 g/mol. The van der Waals surface area contributed by atoms with Crippen LogP contribution in [0.2, 0.25) is 0 Å². The lowest BCUT2D eigenvalue weighted by molar-refractivity contribution is 0.0852. The summed E-state index contributed by atoms with van der Waals surface area (Å²) in [5.74, 6) is 0. The molecule has 0 unspecified atom stereocenters. The van der Waals surface area contributed by atoms with Gasteiger partial charge >= 0.3 is 0 Å². The van der Waals surface area contributed by atoms with Crippen molar-refractivity contribution in [1.29, 1.82) is 0 Å². The fraction of sp³-hybridized carbons (Fsp3) is 0.440. The zero-order valence-corrected chi connectivity index (χ0v) is 19.4. The Balaban J connectivity index is 0.00000289. The Kier molecular flexibility index (Phi) is 9.09. The monoisotopic (exact) mass is 456 g/mol. The first-order valence-electron chi connectivity index (χ1n) is 11.3. The third-order valence-corrected chi connectivity index (χ3v) is 6.18. The number of hydrogen-bond acceptors (Lipinski definition) is 5. The van der Waals surface area contributed by atoms with Crippen molar-refractivity contribution in [2.75, 3.05) is 25.5 Å². The van der Waals surface area contributed by atoms with Gasteiger partial charge in [-0.3, -0.25) is 4.79 Å². The molecule has 7 heteroatoms. The van der Waals surface area contributed by atoms with Crippen molar-refractivity contribution in [2.45, 2.75) is 50.7 Å². The van der Waals surface area contributed by atoms with Crippen LogP contribution >= 0.6 is 12.4 Å². The van der Waals surface area contributed by atoms with E-state index >= 15 is 0 Å². The van der Waals surface area contributed by atoms with Crippen molar-refractivity contribution in [3.8, 4) is 11.3 Å².